The lowest BCUT2D eigenvalue weighted by Gasteiger charge is -2.30. The molecule has 2 rings (SSSR count). The molecule has 0 radical (unpaired) electrons. The number of hydrogen-bond donors (Lipinski definition) is 2. The normalized spacial score (nSPS) is 13.7. The highest BCUT2D eigenvalue weighted by molar-refractivity contribution is 5.83. The molecule has 0 spiro atoms. The summed E-state index contributed by atoms with van der Waals surface area (Å²) in [4.78, 5) is 11.9. The van der Waals surface area contributed by atoms with E-state index in [9.17, 15) is 9.90 Å². The highest BCUT2D eigenvalue weighted by atomic mass is 16.4. The minimum absolute atomic E-state index is 0.0715. The SMILES string of the molecule is Cc1ccccc1C(CN)(Cc1ccccc1)C(=O)O. The smallest absolute Gasteiger partial charge is 0.315 e. The number of hydrogen-bond acceptors (Lipinski definition) is 2. The van der Waals surface area contributed by atoms with E-state index in [1.165, 1.54) is 0 Å². The maximum absolute atomic E-state index is 11.9. The Labute approximate surface area is 119 Å². The van der Waals surface area contributed by atoms with Crippen LogP contribution in [0.15, 0.2) is 54.6 Å². The molecule has 0 aliphatic heterocycles. The molecule has 0 heterocycles. The van der Waals surface area contributed by atoms with Crippen LogP contribution < -0.4 is 5.73 Å². The summed E-state index contributed by atoms with van der Waals surface area (Å²) >= 11 is 0. The molecule has 0 saturated carbocycles. The maximum atomic E-state index is 11.9. The van der Waals surface area contributed by atoms with Crippen molar-refractivity contribution < 1.29 is 9.90 Å². The first-order valence-electron chi connectivity index (χ1n) is 6.63. The molecule has 0 fully saturated rings. The molecule has 0 amide bonds. The zero-order valence-corrected chi connectivity index (χ0v) is 11.5. The van der Waals surface area contributed by atoms with Crippen molar-refractivity contribution in [2.75, 3.05) is 6.54 Å². The van der Waals surface area contributed by atoms with Crippen molar-refractivity contribution in [1.29, 1.82) is 0 Å². The van der Waals surface area contributed by atoms with Gasteiger partial charge in [-0.1, -0.05) is 54.6 Å². The maximum Gasteiger partial charge on any atom is 0.315 e. The van der Waals surface area contributed by atoms with Gasteiger partial charge < -0.3 is 10.8 Å². The molecular formula is C17H19NO2. The van der Waals surface area contributed by atoms with Crippen LogP contribution in [0.3, 0.4) is 0 Å². The van der Waals surface area contributed by atoms with Gasteiger partial charge in [-0.15, -0.1) is 0 Å². The van der Waals surface area contributed by atoms with Crippen molar-refractivity contribution in [2.45, 2.75) is 18.8 Å². The molecule has 0 aliphatic carbocycles. The van der Waals surface area contributed by atoms with E-state index >= 15 is 0 Å². The number of benzene rings is 2. The lowest BCUT2D eigenvalue weighted by molar-refractivity contribution is -0.143. The molecule has 2 aromatic carbocycles. The third-order valence-corrected chi connectivity index (χ3v) is 3.77. The topological polar surface area (TPSA) is 63.3 Å². The van der Waals surface area contributed by atoms with Crippen LogP contribution in [-0.2, 0) is 16.6 Å². The van der Waals surface area contributed by atoms with E-state index < -0.39 is 11.4 Å². The Balaban J connectivity index is 2.51. The van der Waals surface area contributed by atoms with Crippen molar-refractivity contribution in [3.63, 3.8) is 0 Å². The van der Waals surface area contributed by atoms with Crippen LogP contribution in [0.25, 0.3) is 0 Å². The Hall–Kier alpha value is -2.13. The number of carbonyl (C=O) groups is 1. The standard InChI is InChI=1S/C17H19NO2/c1-13-7-5-6-10-15(13)17(12-18,16(19)20)11-14-8-3-2-4-9-14/h2-10H,11-12,18H2,1H3,(H,19,20). The predicted molar refractivity (Wildman–Crippen MR) is 79.7 cm³/mol. The third-order valence-electron chi connectivity index (χ3n) is 3.77. The second-order valence-electron chi connectivity index (χ2n) is 5.07. The van der Waals surface area contributed by atoms with E-state index in [4.69, 9.17) is 5.73 Å². The first-order chi connectivity index (χ1) is 9.60. The summed E-state index contributed by atoms with van der Waals surface area (Å²) in [7, 11) is 0. The van der Waals surface area contributed by atoms with Crippen molar-refractivity contribution in [3.8, 4) is 0 Å². The molecule has 0 aromatic heterocycles. The molecule has 2 aromatic rings. The molecule has 104 valence electrons. The summed E-state index contributed by atoms with van der Waals surface area (Å²) in [6.45, 7) is 2.00. The van der Waals surface area contributed by atoms with Crippen molar-refractivity contribution in [2.24, 2.45) is 5.73 Å². The Morgan fingerprint density at radius 3 is 2.25 bits per heavy atom. The minimum Gasteiger partial charge on any atom is -0.481 e. The van der Waals surface area contributed by atoms with E-state index in [0.29, 0.717) is 6.42 Å². The van der Waals surface area contributed by atoms with E-state index in [1.54, 1.807) is 0 Å². The van der Waals surface area contributed by atoms with Crippen LogP contribution in [-0.4, -0.2) is 17.6 Å². The molecule has 3 N–H and O–H groups in total. The van der Waals surface area contributed by atoms with Crippen molar-refractivity contribution >= 4 is 5.97 Å². The fourth-order valence-electron chi connectivity index (χ4n) is 2.61. The van der Waals surface area contributed by atoms with Crippen molar-refractivity contribution in [1.82, 2.24) is 0 Å². The Bertz CT molecular complexity index is 595. The average molecular weight is 269 g/mol. The minimum atomic E-state index is -1.08. The molecular weight excluding hydrogens is 250 g/mol. The van der Waals surface area contributed by atoms with Crippen LogP contribution in [0, 0.1) is 6.92 Å². The van der Waals surface area contributed by atoms with Crippen LogP contribution in [0.5, 0.6) is 0 Å². The first kappa shape index (κ1) is 14.3. The van der Waals surface area contributed by atoms with Gasteiger partial charge in [0.25, 0.3) is 0 Å². The van der Waals surface area contributed by atoms with Gasteiger partial charge in [-0.25, -0.2) is 0 Å². The van der Waals surface area contributed by atoms with Gasteiger partial charge >= 0.3 is 5.97 Å². The van der Waals surface area contributed by atoms with Crippen LogP contribution in [0.4, 0.5) is 0 Å². The molecule has 0 aliphatic rings. The largest absolute Gasteiger partial charge is 0.481 e. The summed E-state index contributed by atoms with van der Waals surface area (Å²) in [5.74, 6) is -0.877. The Morgan fingerprint density at radius 2 is 1.70 bits per heavy atom. The second kappa shape index (κ2) is 5.88. The number of rotatable bonds is 5. The highest BCUT2D eigenvalue weighted by Crippen LogP contribution is 2.30. The number of carboxylic acid groups (broad SMARTS) is 1. The number of aryl methyl sites for hydroxylation is 1. The third kappa shape index (κ3) is 2.58. The molecule has 3 nitrogen and oxygen atoms in total. The fourth-order valence-corrected chi connectivity index (χ4v) is 2.61. The van der Waals surface area contributed by atoms with Gasteiger partial charge in [-0.3, -0.25) is 4.79 Å². The predicted octanol–water partition coefficient (Wildman–Crippen LogP) is 2.52. The van der Waals surface area contributed by atoms with Gasteiger partial charge in [0, 0.05) is 6.54 Å². The summed E-state index contributed by atoms with van der Waals surface area (Å²) in [6.07, 6.45) is 0.393. The van der Waals surface area contributed by atoms with Crippen LogP contribution >= 0.6 is 0 Å². The molecule has 1 unspecified atom stereocenters. The van der Waals surface area contributed by atoms with E-state index in [-0.39, 0.29) is 6.54 Å². The summed E-state index contributed by atoms with van der Waals surface area (Å²) in [5.41, 5.74) is 7.52. The molecule has 3 heteroatoms. The monoisotopic (exact) mass is 269 g/mol. The molecule has 0 bridgehead atoms. The summed E-state index contributed by atoms with van der Waals surface area (Å²) in [5, 5.41) is 9.78. The van der Waals surface area contributed by atoms with Gasteiger partial charge in [-0.2, -0.15) is 0 Å². The number of aliphatic carboxylic acids is 1. The van der Waals surface area contributed by atoms with Gasteiger partial charge in [0.15, 0.2) is 0 Å². The van der Waals surface area contributed by atoms with Crippen molar-refractivity contribution in [3.05, 3.63) is 71.3 Å². The lowest BCUT2D eigenvalue weighted by Crippen LogP contribution is -2.45. The van der Waals surface area contributed by atoms with E-state index in [0.717, 1.165) is 16.7 Å². The number of nitrogens with two attached hydrogens (primary N) is 1. The highest BCUT2D eigenvalue weighted by Gasteiger charge is 2.40. The molecule has 1 atom stereocenters. The number of carboxylic acids is 1. The average Bonchev–Trinajstić information content (AvgIpc) is 2.46. The van der Waals surface area contributed by atoms with Gasteiger partial charge in [0.1, 0.15) is 5.41 Å². The fraction of sp³-hybridized carbons (Fsp3) is 0.235. The van der Waals surface area contributed by atoms with Crippen LogP contribution in [0.2, 0.25) is 0 Å². The Kier molecular flexibility index (Phi) is 4.20. The quantitative estimate of drug-likeness (QED) is 0.876. The van der Waals surface area contributed by atoms with E-state index in [2.05, 4.69) is 0 Å². The van der Waals surface area contributed by atoms with Gasteiger partial charge in [0.05, 0.1) is 0 Å². The van der Waals surface area contributed by atoms with Gasteiger partial charge in [0.2, 0.25) is 0 Å². The zero-order valence-electron chi connectivity index (χ0n) is 11.5. The zero-order chi connectivity index (χ0) is 14.6. The lowest BCUT2D eigenvalue weighted by atomic mass is 9.74. The molecule has 0 saturated heterocycles. The van der Waals surface area contributed by atoms with Crippen LogP contribution in [0.1, 0.15) is 16.7 Å². The summed E-state index contributed by atoms with van der Waals surface area (Å²) in [6, 6.07) is 17.2. The van der Waals surface area contributed by atoms with E-state index in [1.807, 2.05) is 61.5 Å². The van der Waals surface area contributed by atoms with Gasteiger partial charge in [-0.05, 0) is 30.0 Å². The summed E-state index contributed by atoms with van der Waals surface area (Å²) < 4.78 is 0. The first-order valence-corrected chi connectivity index (χ1v) is 6.63. The molecule has 20 heavy (non-hydrogen) atoms. The second-order valence-corrected chi connectivity index (χ2v) is 5.07. The Morgan fingerprint density at radius 1 is 1.10 bits per heavy atom.